The number of carboxylic acid groups (broad SMARTS) is 1. The summed E-state index contributed by atoms with van der Waals surface area (Å²) in [5.41, 5.74) is 4.17. The minimum Gasteiger partial charge on any atom is -0.481 e. The summed E-state index contributed by atoms with van der Waals surface area (Å²) in [5.74, 6) is -1.59. The number of hydrogen-bond donors (Lipinski definition) is 4. The number of nitrogens with one attached hydrogen (secondary N) is 2. The van der Waals surface area contributed by atoms with Gasteiger partial charge in [-0.15, -0.1) is 0 Å². The molecule has 8 nitrogen and oxygen atoms in total. The molecular formula is C18H33N3O5S. The second-order valence-electron chi connectivity index (χ2n) is 8.44. The summed E-state index contributed by atoms with van der Waals surface area (Å²) in [5, 5.41) is 14.4. The number of ketones is 1. The van der Waals surface area contributed by atoms with Crippen LogP contribution >= 0.6 is 11.8 Å². The van der Waals surface area contributed by atoms with Gasteiger partial charge in [0.2, 0.25) is 11.0 Å². The first-order chi connectivity index (χ1) is 12.2. The molecule has 0 saturated carbocycles. The second kappa shape index (κ2) is 10.8. The monoisotopic (exact) mass is 403 g/mol. The van der Waals surface area contributed by atoms with E-state index in [1.807, 2.05) is 20.8 Å². The molecule has 0 saturated heterocycles. The van der Waals surface area contributed by atoms with Crippen LogP contribution in [0.5, 0.6) is 0 Å². The highest BCUT2D eigenvalue weighted by molar-refractivity contribution is 8.13. The molecule has 1 amide bonds. The number of thioether (sulfide) groups is 1. The van der Waals surface area contributed by atoms with Crippen LogP contribution in [0.2, 0.25) is 0 Å². The molecule has 0 aromatic heterocycles. The molecule has 9 heteroatoms. The van der Waals surface area contributed by atoms with Gasteiger partial charge in [-0.3, -0.25) is 19.2 Å². The number of aliphatic carboxylic acids is 1. The van der Waals surface area contributed by atoms with Gasteiger partial charge >= 0.3 is 5.97 Å². The predicted octanol–water partition coefficient (Wildman–Crippen LogP) is 0.926. The number of carbonyl (C=O) groups is 4. The summed E-state index contributed by atoms with van der Waals surface area (Å²) in [7, 11) is 0. The van der Waals surface area contributed by atoms with Gasteiger partial charge in [0, 0.05) is 23.1 Å². The molecule has 0 unspecified atom stereocenters. The quantitative estimate of drug-likeness (QED) is 0.422. The molecular weight excluding hydrogens is 370 g/mol. The number of hydrogen-bond acceptors (Lipinski definition) is 7. The van der Waals surface area contributed by atoms with Gasteiger partial charge in [0.1, 0.15) is 0 Å². The SMILES string of the molecule is CC(C)(C)N[C@@H](CCC(=O)O)C(=O)N[C@@H](CSC(=O)CN)C(=O)C(C)(C)C. The number of nitrogens with two attached hydrogens (primary N) is 1. The van der Waals surface area contributed by atoms with Crippen molar-refractivity contribution in [2.75, 3.05) is 12.3 Å². The van der Waals surface area contributed by atoms with Gasteiger partial charge < -0.3 is 21.5 Å². The Balaban J connectivity index is 5.34. The van der Waals surface area contributed by atoms with Gasteiger partial charge in [0.15, 0.2) is 5.78 Å². The van der Waals surface area contributed by atoms with E-state index in [9.17, 15) is 19.2 Å². The third-order valence-corrected chi connectivity index (χ3v) is 4.51. The Bertz CT molecular complexity index is 552. The number of amides is 1. The van der Waals surface area contributed by atoms with Crippen molar-refractivity contribution in [3.63, 3.8) is 0 Å². The van der Waals surface area contributed by atoms with Crippen LogP contribution in [0.15, 0.2) is 0 Å². The number of carbonyl (C=O) groups excluding carboxylic acids is 3. The maximum Gasteiger partial charge on any atom is 0.303 e. The van der Waals surface area contributed by atoms with Crippen LogP contribution in [0.1, 0.15) is 54.4 Å². The Morgan fingerprint density at radius 1 is 1.04 bits per heavy atom. The minimum absolute atomic E-state index is 0.0824. The maximum absolute atomic E-state index is 12.8. The fraction of sp³-hybridized carbons (Fsp3) is 0.778. The van der Waals surface area contributed by atoms with E-state index < -0.39 is 34.9 Å². The second-order valence-corrected chi connectivity index (χ2v) is 9.52. The molecule has 0 aromatic carbocycles. The lowest BCUT2D eigenvalue weighted by Crippen LogP contribution is -2.56. The molecule has 0 aromatic rings. The number of rotatable bonds is 10. The zero-order chi connectivity index (χ0) is 21.4. The van der Waals surface area contributed by atoms with E-state index in [1.54, 1.807) is 20.8 Å². The van der Waals surface area contributed by atoms with Crippen LogP contribution in [0.25, 0.3) is 0 Å². The van der Waals surface area contributed by atoms with Crippen molar-refractivity contribution in [1.82, 2.24) is 10.6 Å². The molecule has 0 bridgehead atoms. The van der Waals surface area contributed by atoms with Gasteiger partial charge in [0.25, 0.3) is 0 Å². The Hall–Kier alpha value is -1.45. The molecule has 27 heavy (non-hydrogen) atoms. The summed E-state index contributed by atoms with van der Waals surface area (Å²) in [4.78, 5) is 47.8. The van der Waals surface area contributed by atoms with Crippen molar-refractivity contribution in [3.8, 4) is 0 Å². The fourth-order valence-corrected chi connectivity index (χ4v) is 2.98. The predicted molar refractivity (Wildman–Crippen MR) is 106 cm³/mol. The van der Waals surface area contributed by atoms with E-state index in [-0.39, 0.29) is 36.0 Å². The highest BCUT2D eigenvalue weighted by Gasteiger charge is 2.33. The third kappa shape index (κ3) is 11.1. The van der Waals surface area contributed by atoms with E-state index in [0.29, 0.717) is 0 Å². The third-order valence-electron chi connectivity index (χ3n) is 3.52. The topological polar surface area (TPSA) is 139 Å². The highest BCUT2D eigenvalue weighted by Crippen LogP contribution is 2.19. The Kier molecular flexibility index (Phi) is 10.2. The molecule has 5 N–H and O–H groups in total. The minimum atomic E-state index is -1.00. The van der Waals surface area contributed by atoms with Crippen LogP contribution < -0.4 is 16.4 Å². The van der Waals surface area contributed by atoms with E-state index >= 15 is 0 Å². The lowest BCUT2D eigenvalue weighted by atomic mass is 9.87. The largest absolute Gasteiger partial charge is 0.481 e. The molecule has 0 fully saturated rings. The summed E-state index contributed by atoms with van der Waals surface area (Å²) in [6.07, 6.45) is -0.0940. The van der Waals surface area contributed by atoms with Crippen LogP contribution in [0, 0.1) is 5.41 Å². The molecule has 0 aliphatic rings. The van der Waals surface area contributed by atoms with Crippen molar-refractivity contribution in [3.05, 3.63) is 0 Å². The van der Waals surface area contributed by atoms with Crippen LogP contribution in [0.4, 0.5) is 0 Å². The lowest BCUT2D eigenvalue weighted by Gasteiger charge is -2.30. The van der Waals surface area contributed by atoms with E-state index in [2.05, 4.69) is 10.6 Å². The van der Waals surface area contributed by atoms with Gasteiger partial charge in [-0.1, -0.05) is 32.5 Å². The smallest absolute Gasteiger partial charge is 0.303 e. The summed E-state index contributed by atoms with van der Waals surface area (Å²) >= 11 is 0.900. The molecule has 0 rings (SSSR count). The Labute approximate surface area is 165 Å². The molecule has 0 aliphatic heterocycles. The van der Waals surface area contributed by atoms with Crippen molar-refractivity contribution >= 4 is 34.5 Å². The number of Topliss-reactive ketones (excluding diaryl/α,β-unsaturated/α-hetero) is 1. The van der Waals surface area contributed by atoms with Crippen molar-refractivity contribution in [2.45, 2.75) is 72.0 Å². The summed E-state index contributed by atoms with van der Waals surface area (Å²) in [6.45, 7) is 10.6. The Morgan fingerprint density at radius 2 is 1.59 bits per heavy atom. The first-order valence-electron chi connectivity index (χ1n) is 8.87. The molecule has 156 valence electrons. The van der Waals surface area contributed by atoms with E-state index in [0.717, 1.165) is 11.8 Å². The average molecular weight is 404 g/mol. The fourth-order valence-electron chi connectivity index (χ4n) is 2.27. The zero-order valence-corrected chi connectivity index (χ0v) is 17.9. The first-order valence-corrected chi connectivity index (χ1v) is 9.86. The molecule has 0 spiro atoms. The van der Waals surface area contributed by atoms with Gasteiger partial charge in [-0.2, -0.15) is 0 Å². The van der Waals surface area contributed by atoms with Gasteiger partial charge in [-0.05, 0) is 27.2 Å². The average Bonchev–Trinajstić information content (AvgIpc) is 2.51. The molecule has 0 radical (unpaired) electrons. The van der Waals surface area contributed by atoms with Crippen molar-refractivity contribution < 1.29 is 24.3 Å². The van der Waals surface area contributed by atoms with Gasteiger partial charge in [-0.25, -0.2) is 0 Å². The highest BCUT2D eigenvalue weighted by atomic mass is 32.2. The maximum atomic E-state index is 12.8. The van der Waals surface area contributed by atoms with Crippen molar-refractivity contribution in [1.29, 1.82) is 0 Å². The lowest BCUT2D eigenvalue weighted by molar-refractivity contribution is -0.138. The Morgan fingerprint density at radius 3 is 2.00 bits per heavy atom. The zero-order valence-electron chi connectivity index (χ0n) is 17.0. The first kappa shape index (κ1) is 25.6. The standard InChI is InChI=1S/C18H33N3O5S/c1-17(2,3)15(25)12(10-27-14(24)9-19)20-16(26)11(7-8-13(22)23)21-18(4,5)6/h11-12,21H,7-10,19H2,1-6H3,(H,20,26)(H,22,23)/t11-,12-/m0/s1. The molecule has 0 aliphatic carbocycles. The number of carboxylic acids is 1. The van der Waals surface area contributed by atoms with Crippen molar-refractivity contribution in [2.24, 2.45) is 11.1 Å². The molecule has 0 heterocycles. The van der Waals surface area contributed by atoms with Gasteiger partial charge in [0.05, 0.1) is 18.6 Å². The van der Waals surface area contributed by atoms with Crippen LogP contribution in [0.3, 0.4) is 0 Å². The van der Waals surface area contributed by atoms with Crippen LogP contribution in [-0.2, 0) is 19.2 Å². The summed E-state index contributed by atoms with van der Waals surface area (Å²) in [6, 6.07) is -1.64. The summed E-state index contributed by atoms with van der Waals surface area (Å²) < 4.78 is 0. The van der Waals surface area contributed by atoms with E-state index in [4.69, 9.17) is 10.8 Å². The molecule has 2 atom stereocenters. The normalized spacial score (nSPS) is 14.3. The van der Waals surface area contributed by atoms with E-state index in [1.165, 1.54) is 0 Å². The van der Waals surface area contributed by atoms with Crippen LogP contribution in [-0.4, -0.2) is 57.8 Å².